The lowest BCUT2D eigenvalue weighted by Gasteiger charge is -2.42. The number of benzene rings is 1. The van der Waals surface area contributed by atoms with Gasteiger partial charge in [-0.05, 0) is 48.4 Å². The normalized spacial score (nSPS) is 26.1. The lowest BCUT2D eigenvalue weighted by atomic mass is 9.75. The third kappa shape index (κ3) is 4.67. The molecule has 154 valence electrons. The number of aliphatic carboxylic acids is 1. The molecule has 0 spiro atoms. The Morgan fingerprint density at radius 2 is 1.90 bits per heavy atom. The number of nitrogens with zero attached hydrogens (tertiary/aromatic N) is 2. The number of fused-ring (bicyclic) bond motifs is 1. The molecule has 1 saturated carbocycles. The molecule has 2 heterocycles. The van der Waals surface area contributed by atoms with Gasteiger partial charge in [-0.3, -0.25) is 14.5 Å². The topological polar surface area (TPSA) is 60.9 Å². The molecule has 7 heteroatoms. The molecule has 3 aliphatic rings. The van der Waals surface area contributed by atoms with E-state index >= 15 is 0 Å². The van der Waals surface area contributed by atoms with Gasteiger partial charge >= 0.3 is 5.97 Å². The molecule has 0 aromatic heterocycles. The van der Waals surface area contributed by atoms with Gasteiger partial charge in [0.15, 0.2) is 0 Å². The molecule has 2 saturated heterocycles. The Kier molecular flexibility index (Phi) is 6.25. The molecule has 1 aromatic rings. The van der Waals surface area contributed by atoms with Gasteiger partial charge in [-0.25, -0.2) is 0 Å². The Bertz CT molecular complexity index is 837. The summed E-state index contributed by atoms with van der Waals surface area (Å²) in [6, 6.07) is 8.37. The first-order valence-corrected chi connectivity index (χ1v) is 11.6. The number of carboxylic acid groups (broad SMARTS) is 1. The van der Waals surface area contributed by atoms with E-state index in [1.807, 2.05) is 18.2 Å². The molecule has 2 aliphatic heterocycles. The summed E-state index contributed by atoms with van der Waals surface area (Å²) < 4.78 is 0.425. The van der Waals surface area contributed by atoms with E-state index in [1.54, 1.807) is 0 Å². The summed E-state index contributed by atoms with van der Waals surface area (Å²) in [6.45, 7) is 2.41. The molecule has 0 radical (unpaired) electrons. The van der Waals surface area contributed by atoms with Gasteiger partial charge in [0.2, 0.25) is 0 Å². The number of carboxylic acids is 1. The maximum atomic E-state index is 12.5. The van der Waals surface area contributed by atoms with Crippen LogP contribution in [0.4, 0.5) is 5.69 Å². The molecule has 2 atom stereocenters. The van der Waals surface area contributed by atoms with Gasteiger partial charge in [0, 0.05) is 25.3 Å². The van der Waals surface area contributed by atoms with Crippen molar-refractivity contribution in [3.63, 3.8) is 0 Å². The summed E-state index contributed by atoms with van der Waals surface area (Å²) in [7, 11) is 0. The standard InChI is InChI=1S/C22H26N2O3S2/c25-20(26)10-12-24-21(27)19(29-22(24)28)13-15-5-7-18(8-6-15)23-11-9-16-3-1-2-4-17(16)14-23/h5-8,13,16-17H,1-4,9-12,14H2,(H,25,26)/t16-,17-/m0/s1. The second-order valence-corrected chi connectivity index (χ2v) is 9.78. The molecular formula is C22H26N2O3S2. The maximum Gasteiger partial charge on any atom is 0.305 e. The highest BCUT2D eigenvalue weighted by Gasteiger charge is 2.32. The van der Waals surface area contributed by atoms with Crippen LogP contribution < -0.4 is 4.90 Å². The highest BCUT2D eigenvalue weighted by molar-refractivity contribution is 8.26. The molecular weight excluding hydrogens is 404 g/mol. The summed E-state index contributed by atoms with van der Waals surface area (Å²) in [4.78, 5) is 27.7. The minimum absolute atomic E-state index is 0.105. The van der Waals surface area contributed by atoms with Crippen molar-refractivity contribution in [2.75, 3.05) is 24.5 Å². The van der Waals surface area contributed by atoms with Crippen LogP contribution >= 0.6 is 24.0 Å². The van der Waals surface area contributed by atoms with Crippen molar-refractivity contribution >= 4 is 51.9 Å². The first-order valence-electron chi connectivity index (χ1n) is 10.3. The predicted octanol–water partition coefficient (Wildman–Crippen LogP) is 4.38. The van der Waals surface area contributed by atoms with Gasteiger partial charge in [0.1, 0.15) is 4.32 Å². The molecule has 0 unspecified atom stereocenters. The number of anilines is 1. The van der Waals surface area contributed by atoms with Crippen LogP contribution in [0.15, 0.2) is 29.2 Å². The smallest absolute Gasteiger partial charge is 0.305 e. The van der Waals surface area contributed by atoms with Crippen molar-refractivity contribution in [3.05, 3.63) is 34.7 Å². The molecule has 1 aromatic carbocycles. The van der Waals surface area contributed by atoms with Crippen molar-refractivity contribution in [2.45, 2.75) is 38.5 Å². The van der Waals surface area contributed by atoms with Crippen molar-refractivity contribution < 1.29 is 14.7 Å². The van der Waals surface area contributed by atoms with Crippen LogP contribution in [0.25, 0.3) is 6.08 Å². The van der Waals surface area contributed by atoms with E-state index < -0.39 is 5.97 Å². The zero-order valence-corrected chi connectivity index (χ0v) is 18.0. The van der Waals surface area contributed by atoms with Gasteiger partial charge in [-0.1, -0.05) is 55.4 Å². The van der Waals surface area contributed by atoms with Crippen molar-refractivity contribution in [2.24, 2.45) is 11.8 Å². The largest absolute Gasteiger partial charge is 0.481 e. The van der Waals surface area contributed by atoms with Gasteiger partial charge in [-0.2, -0.15) is 0 Å². The van der Waals surface area contributed by atoms with Crippen molar-refractivity contribution in [1.82, 2.24) is 4.90 Å². The first kappa shape index (κ1) is 20.4. The molecule has 3 fully saturated rings. The van der Waals surface area contributed by atoms with Gasteiger partial charge in [-0.15, -0.1) is 0 Å². The molecule has 1 amide bonds. The Hall–Kier alpha value is -1.86. The highest BCUT2D eigenvalue weighted by atomic mass is 32.2. The molecule has 1 N–H and O–H groups in total. The van der Waals surface area contributed by atoms with Crippen LogP contribution in [0.5, 0.6) is 0 Å². The number of carbonyl (C=O) groups excluding carboxylic acids is 1. The third-order valence-electron chi connectivity index (χ3n) is 6.27. The summed E-state index contributed by atoms with van der Waals surface area (Å²) in [6.07, 6.45) is 8.58. The Labute approximate surface area is 181 Å². The zero-order chi connectivity index (χ0) is 20.4. The minimum atomic E-state index is -0.934. The number of thiocarbonyl (C=S) groups is 1. The monoisotopic (exact) mass is 430 g/mol. The third-order valence-corrected chi connectivity index (χ3v) is 7.65. The highest BCUT2D eigenvalue weighted by Crippen LogP contribution is 2.38. The molecule has 5 nitrogen and oxygen atoms in total. The van der Waals surface area contributed by atoms with Gasteiger partial charge in [0.25, 0.3) is 5.91 Å². The van der Waals surface area contributed by atoms with Crippen LogP contribution in [0.1, 0.15) is 44.1 Å². The fourth-order valence-electron chi connectivity index (χ4n) is 4.67. The van der Waals surface area contributed by atoms with E-state index in [2.05, 4.69) is 17.0 Å². The fourth-order valence-corrected chi connectivity index (χ4v) is 5.98. The molecule has 0 bridgehead atoms. The number of rotatable bonds is 5. The Morgan fingerprint density at radius 1 is 1.17 bits per heavy atom. The average molecular weight is 431 g/mol. The second-order valence-electron chi connectivity index (χ2n) is 8.11. The average Bonchev–Trinajstić information content (AvgIpc) is 2.99. The van der Waals surface area contributed by atoms with E-state index in [-0.39, 0.29) is 18.9 Å². The van der Waals surface area contributed by atoms with Gasteiger partial charge in [0.05, 0.1) is 11.3 Å². The minimum Gasteiger partial charge on any atom is -0.481 e. The van der Waals surface area contributed by atoms with E-state index in [0.717, 1.165) is 30.5 Å². The quantitative estimate of drug-likeness (QED) is 0.553. The number of carbonyl (C=O) groups is 2. The number of hydrogen-bond donors (Lipinski definition) is 1. The van der Waals surface area contributed by atoms with Crippen LogP contribution in [-0.4, -0.2) is 45.8 Å². The number of thioether (sulfide) groups is 1. The predicted molar refractivity (Wildman–Crippen MR) is 121 cm³/mol. The number of amides is 1. The first-order chi connectivity index (χ1) is 14.0. The van der Waals surface area contributed by atoms with Crippen molar-refractivity contribution in [3.8, 4) is 0 Å². The summed E-state index contributed by atoms with van der Waals surface area (Å²) in [5, 5.41) is 8.84. The summed E-state index contributed by atoms with van der Waals surface area (Å²) in [5.41, 5.74) is 2.21. The van der Waals surface area contributed by atoms with E-state index in [9.17, 15) is 9.59 Å². The van der Waals surface area contributed by atoms with Crippen LogP contribution in [-0.2, 0) is 9.59 Å². The molecule has 1 aliphatic carbocycles. The molecule has 4 rings (SSSR count). The van der Waals surface area contributed by atoms with Crippen LogP contribution in [0.2, 0.25) is 0 Å². The number of piperidine rings is 1. The summed E-state index contributed by atoms with van der Waals surface area (Å²) >= 11 is 6.48. The van der Waals surface area contributed by atoms with E-state index in [4.69, 9.17) is 17.3 Å². The van der Waals surface area contributed by atoms with Crippen LogP contribution in [0.3, 0.4) is 0 Å². The fraction of sp³-hybridized carbons (Fsp3) is 0.500. The molecule has 29 heavy (non-hydrogen) atoms. The van der Waals surface area contributed by atoms with E-state index in [0.29, 0.717) is 9.23 Å². The van der Waals surface area contributed by atoms with E-state index in [1.165, 1.54) is 54.5 Å². The zero-order valence-electron chi connectivity index (χ0n) is 16.4. The lowest BCUT2D eigenvalue weighted by molar-refractivity contribution is -0.137. The maximum absolute atomic E-state index is 12.5. The lowest BCUT2D eigenvalue weighted by Crippen LogP contribution is -2.41. The summed E-state index contributed by atoms with van der Waals surface area (Å²) in [5.74, 6) is 0.618. The Balaban J connectivity index is 1.41. The SMILES string of the molecule is O=C(O)CCN1C(=O)C(=Cc2ccc(N3CC[C@@H]4CCCC[C@H]4C3)cc2)SC1=S. The van der Waals surface area contributed by atoms with Gasteiger partial charge < -0.3 is 10.0 Å². The van der Waals surface area contributed by atoms with Crippen molar-refractivity contribution in [1.29, 1.82) is 0 Å². The second kappa shape index (κ2) is 8.88. The van der Waals surface area contributed by atoms with Crippen LogP contribution in [0, 0.1) is 11.8 Å². The Morgan fingerprint density at radius 3 is 2.62 bits per heavy atom. The number of hydrogen-bond acceptors (Lipinski definition) is 5.